The van der Waals surface area contributed by atoms with E-state index in [9.17, 15) is 15.0 Å². The average molecular weight is 285 g/mol. The van der Waals surface area contributed by atoms with E-state index < -0.39 is 24.5 Å². The van der Waals surface area contributed by atoms with Crippen LogP contribution in [-0.4, -0.2) is 70.2 Å². The van der Waals surface area contributed by atoms with Crippen LogP contribution in [0.4, 0.5) is 11.5 Å². The van der Waals surface area contributed by atoms with Crippen LogP contribution in [0.15, 0.2) is 11.1 Å². The maximum atomic E-state index is 11.8. The molecule has 2 aliphatic heterocycles. The van der Waals surface area contributed by atoms with Gasteiger partial charge in [0.25, 0.3) is 11.4 Å². The van der Waals surface area contributed by atoms with Crippen LogP contribution in [0.3, 0.4) is 0 Å². The number of hydrogen-bond donors (Lipinski definition) is 5. The van der Waals surface area contributed by atoms with Crippen LogP contribution in [0.5, 0.6) is 0 Å². The highest BCUT2D eigenvalue weighted by Gasteiger charge is 2.51. The molecule has 5 N–H and O–H groups in total. The maximum Gasteiger partial charge on any atom is 0.280 e. The van der Waals surface area contributed by atoms with Gasteiger partial charge in [-0.1, -0.05) is 0 Å². The first kappa shape index (κ1) is 13.5. The van der Waals surface area contributed by atoms with Crippen LogP contribution < -0.4 is 15.4 Å². The van der Waals surface area contributed by atoms with Crippen molar-refractivity contribution in [3.05, 3.63) is 16.7 Å². The molecule has 3 heterocycles. The number of ether oxygens (including phenoxy) is 1. The molecular formula is C11H17N4O5+. The Bertz CT molecular complexity index is 564. The lowest BCUT2D eigenvalue weighted by Crippen LogP contribution is -3.12. The van der Waals surface area contributed by atoms with Gasteiger partial charge in [0.2, 0.25) is 6.23 Å². The molecular weight excluding hydrogens is 268 g/mol. The third kappa shape index (κ3) is 1.83. The van der Waals surface area contributed by atoms with E-state index in [1.807, 2.05) is 0 Å². The summed E-state index contributed by atoms with van der Waals surface area (Å²) in [5.41, 5.74) is 0.152. The Morgan fingerprint density at radius 1 is 1.55 bits per heavy atom. The van der Waals surface area contributed by atoms with Crippen molar-refractivity contribution < 1.29 is 25.0 Å². The molecule has 1 aromatic rings. The number of aromatic amines is 1. The van der Waals surface area contributed by atoms with Gasteiger partial charge >= 0.3 is 0 Å². The molecule has 1 saturated heterocycles. The predicted molar refractivity (Wildman–Crippen MR) is 66.5 cm³/mol. The number of quaternary nitrogens is 1. The van der Waals surface area contributed by atoms with Crippen molar-refractivity contribution in [2.45, 2.75) is 24.5 Å². The van der Waals surface area contributed by atoms with Gasteiger partial charge in [-0.05, 0) is 0 Å². The second kappa shape index (κ2) is 4.79. The summed E-state index contributed by atoms with van der Waals surface area (Å²) in [6, 6.07) is 0. The predicted octanol–water partition coefficient (Wildman–Crippen LogP) is -3.87. The summed E-state index contributed by atoms with van der Waals surface area (Å²) in [5, 5.41) is 29.0. The summed E-state index contributed by atoms with van der Waals surface area (Å²) >= 11 is 0. The quantitative estimate of drug-likeness (QED) is 0.377. The molecule has 0 bridgehead atoms. The van der Waals surface area contributed by atoms with Gasteiger partial charge in [-0.3, -0.25) is 4.79 Å². The second-order valence-electron chi connectivity index (χ2n) is 5.07. The standard InChI is InChI=1S/C11H16N4O5/c1-14-4-15(9-6(14)10(19)13-3-12-9)11-8(18)7(17)5(2-16)20-11/h3,5,7-8,11,16-18H,2,4H2,1H3,(H,12,13,19)/p+1/t5-,7-,8-,11?/m1/s1. The van der Waals surface area contributed by atoms with Gasteiger partial charge in [0.1, 0.15) is 18.5 Å². The minimum Gasteiger partial charge on any atom is -0.394 e. The summed E-state index contributed by atoms with van der Waals surface area (Å²) in [6.45, 7) is -0.00444. The van der Waals surface area contributed by atoms with Gasteiger partial charge in [0, 0.05) is 7.05 Å². The first-order chi connectivity index (χ1) is 9.54. The first-order valence-electron chi connectivity index (χ1n) is 6.32. The van der Waals surface area contributed by atoms with Crippen molar-refractivity contribution in [1.82, 2.24) is 9.97 Å². The van der Waals surface area contributed by atoms with Crippen LogP contribution in [0.1, 0.15) is 0 Å². The molecule has 1 aromatic heterocycles. The zero-order valence-electron chi connectivity index (χ0n) is 10.9. The molecule has 9 heteroatoms. The monoisotopic (exact) mass is 285 g/mol. The molecule has 20 heavy (non-hydrogen) atoms. The van der Waals surface area contributed by atoms with E-state index >= 15 is 0 Å². The number of anilines is 1. The Morgan fingerprint density at radius 3 is 2.95 bits per heavy atom. The van der Waals surface area contributed by atoms with Crippen LogP contribution in [0.25, 0.3) is 0 Å². The number of rotatable bonds is 2. The normalized spacial score (nSPS) is 36.4. The van der Waals surface area contributed by atoms with E-state index in [1.165, 1.54) is 6.33 Å². The summed E-state index contributed by atoms with van der Waals surface area (Å²) in [7, 11) is 1.74. The van der Waals surface area contributed by atoms with Crippen LogP contribution in [-0.2, 0) is 4.74 Å². The summed E-state index contributed by atoms with van der Waals surface area (Å²) < 4.78 is 5.50. The lowest BCUT2D eigenvalue weighted by molar-refractivity contribution is -0.885. The SMILES string of the molecule is CN1C[NH+](C2O[C@H](CO)[C@@H](O)[C@H]2O)c2nc[nH]c(=O)c21. The largest absolute Gasteiger partial charge is 0.394 e. The van der Waals surface area contributed by atoms with E-state index in [2.05, 4.69) is 9.97 Å². The van der Waals surface area contributed by atoms with Gasteiger partial charge in [-0.25, -0.2) is 4.90 Å². The molecule has 0 amide bonds. The number of aliphatic hydroxyl groups excluding tert-OH is 3. The van der Waals surface area contributed by atoms with E-state index in [-0.39, 0.29) is 12.2 Å². The highest BCUT2D eigenvalue weighted by atomic mass is 16.6. The third-order valence-corrected chi connectivity index (χ3v) is 3.81. The molecule has 3 rings (SSSR count). The second-order valence-corrected chi connectivity index (χ2v) is 5.07. The summed E-state index contributed by atoms with van der Waals surface area (Å²) in [5.74, 6) is 0.464. The molecule has 2 aliphatic rings. The Morgan fingerprint density at radius 2 is 2.30 bits per heavy atom. The molecule has 0 aromatic carbocycles. The van der Waals surface area contributed by atoms with Crippen molar-refractivity contribution >= 4 is 11.5 Å². The molecule has 110 valence electrons. The minimum atomic E-state index is -1.16. The third-order valence-electron chi connectivity index (χ3n) is 3.81. The van der Waals surface area contributed by atoms with Crippen LogP contribution in [0.2, 0.25) is 0 Å². The number of fused-ring (bicyclic) bond motifs is 1. The summed E-state index contributed by atoms with van der Waals surface area (Å²) in [6.07, 6.45) is -2.63. The molecule has 0 saturated carbocycles. The Balaban J connectivity index is 1.95. The fourth-order valence-electron chi connectivity index (χ4n) is 2.80. The number of aliphatic hydroxyl groups is 3. The van der Waals surface area contributed by atoms with Gasteiger partial charge in [-0.2, -0.15) is 4.98 Å². The minimum absolute atomic E-state index is 0.265. The van der Waals surface area contributed by atoms with Crippen LogP contribution >= 0.6 is 0 Å². The molecule has 0 radical (unpaired) electrons. The Hall–Kier alpha value is -1.52. The van der Waals surface area contributed by atoms with Gasteiger partial charge in [0.15, 0.2) is 18.5 Å². The lowest BCUT2D eigenvalue weighted by atomic mass is 10.1. The number of nitrogens with zero attached hydrogens (tertiary/aromatic N) is 2. The fourth-order valence-corrected chi connectivity index (χ4v) is 2.80. The van der Waals surface area contributed by atoms with Gasteiger partial charge in [-0.15, -0.1) is 0 Å². The molecule has 2 unspecified atom stereocenters. The molecule has 1 fully saturated rings. The van der Waals surface area contributed by atoms with E-state index in [4.69, 9.17) is 9.84 Å². The van der Waals surface area contributed by atoms with Crippen molar-refractivity contribution in [2.75, 3.05) is 25.2 Å². The zero-order valence-corrected chi connectivity index (χ0v) is 10.9. The molecule has 0 aliphatic carbocycles. The fraction of sp³-hybridized carbons (Fsp3) is 0.636. The molecule has 5 atom stereocenters. The zero-order chi connectivity index (χ0) is 14.4. The molecule has 0 spiro atoms. The highest BCUT2D eigenvalue weighted by Crippen LogP contribution is 2.23. The van der Waals surface area contributed by atoms with Gasteiger partial charge < -0.3 is 29.9 Å². The van der Waals surface area contributed by atoms with E-state index in [0.717, 1.165) is 0 Å². The molecule has 9 nitrogen and oxygen atoms in total. The van der Waals surface area contributed by atoms with Gasteiger partial charge in [0.05, 0.1) is 6.61 Å². The number of hydrogen-bond acceptors (Lipinski definition) is 7. The number of aromatic nitrogens is 2. The highest BCUT2D eigenvalue weighted by molar-refractivity contribution is 5.58. The van der Waals surface area contributed by atoms with Crippen molar-refractivity contribution in [2.24, 2.45) is 0 Å². The van der Waals surface area contributed by atoms with E-state index in [0.29, 0.717) is 23.1 Å². The topological polar surface area (TPSA) is 123 Å². The van der Waals surface area contributed by atoms with Crippen molar-refractivity contribution in [1.29, 1.82) is 0 Å². The number of nitrogens with one attached hydrogen (secondary N) is 2. The summed E-state index contributed by atoms with van der Waals surface area (Å²) in [4.78, 5) is 20.8. The van der Waals surface area contributed by atoms with Crippen LogP contribution in [0, 0.1) is 0 Å². The lowest BCUT2D eigenvalue weighted by Gasteiger charge is -2.21. The van der Waals surface area contributed by atoms with E-state index in [1.54, 1.807) is 11.9 Å². The first-order valence-corrected chi connectivity index (χ1v) is 6.32. The van der Waals surface area contributed by atoms with Crippen molar-refractivity contribution in [3.8, 4) is 0 Å². The average Bonchev–Trinajstić information content (AvgIpc) is 2.90. The number of H-pyrrole nitrogens is 1. The Labute approximate surface area is 114 Å². The smallest absolute Gasteiger partial charge is 0.280 e. The Kier molecular flexibility index (Phi) is 3.22. The maximum absolute atomic E-state index is 11.8. The van der Waals surface area contributed by atoms with Crippen molar-refractivity contribution in [3.63, 3.8) is 0 Å².